The lowest BCUT2D eigenvalue weighted by Gasteiger charge is -2.28. The smallest absolute Gasteiger partial charge is 0.129 e. The SMILES string of the molecule is CCC(O)(Cc1cncc(Br)c1)c1ccccc1F. The molecule has 0 fully saturated rings. The van der Waals surface area contributed by atoms with Crippen LogP contribution in [0.3, 0.4) is 0 Å². The van der Waals surface area contributed by atoms with E-state index in [9.17, 15) is 9.50 Å². The van der Waals surface area contributed by atoms with Crippen molar-refractivity contribution < 1.29 is 9.50 Å². The minimum absolute atomic E-state index is 0.330. The minimum atomic E-state index is -1.21. The first kappa shape index (κ1) is 14.2. The molecule has 1 aromatic heterocycles. The van der Waals surface area contributed by atoms with Gasteiger partial charge in [0.2, 0.25) is 0 Å². The zero-order valence-electron chi connectivity index (χ0n) is 10.6. The van der Waals surface area contributed by atoms with Gasteiger partial charge in [0.1, 0.15) is 5.82 Å². The molecule has 0 saturated heterocycles. The molecule has 19 heavy (non-hydrogen) atoms. The number of aromatic nitrogens is 1. The number of aliphatic hydroxyl groups is 1. The molecule has 2 aromatic rings. The van der Waals surface area contributed by atoms with Crippen molar-refractivity contribution in [3.05, 3.63) is 64.1 Å². The fourth-order valence-corrected chi connectivity index (χ4v) is 2.55. The van der Waals surface area contributed by atoms with E-state index < -0.39 is 5.60 Å². The molecule has 0 bridgehead atoms. The Hall–Kier alpha value is -1.26. The molecule has 1 unspecified atom stereocenters. The largest absolute Gasteiger partial charge is 0.385 e. The number of hydrogen-bond acceptors (Lipinski definition) is 2. The fraction of sp³-hybridized carbons (Fsp3) is 0.267. The summed E-state index contributed by atoms with van der Waals surface area (Å²) < 4.78 is 14.7. The van der Waals surface area contributed by atoms with Crippen molar-refractivity contribution >= 4 is 15.9 Å². The minimum Gasteiger partial charge on any atom is -0.385 e. The van der Waals surface area contributed by atoms with Crippen molar-refractivity contribution in [3.8, 4) is 0 Å². The maximum Gasteiger partial charge on any atom is 0.129 e. The lowest BCUT2D eigenvalue weighted by Crippen LogP contribution is -2.29. The predicted molar refractivity (Wildman–Crippen MR) is 76.2 cm³/mol. The summed E-state index contributed by atoms with van der Waals surface area (Å²) in [5.74, 6) is -0.380. The molecule has 1 heterocycles. The first-order valence-corrected chi connectivity index (χ1v) is 6.91. The van der Waals surface area contributed by atoms with E-state index in [2.05, 4.69) is 20.9 Å². The third-order valence-electron chi connectivity index (χ3n) is 3.22. The average molecular weight is 324 g/mol. The molecule has 0 saturated carbocycles. The number of halogens is 2. The van der Waals surface area contributed by atoms with Crippen molar-refractivity contribution in [2.45, 2.75) is 25.4 Å². The second kappa shape index (κ2) is 5.80. The topological polar surface area (TPSA) is 33.1 Å². The second-order valence-corrected chi connectivity index (χ2v) is 5.47. The van der Waals surface area contributed by atoms with E-state index in [0.717, 1.165) is 10.0 Å². The zero-order valence-corrected chi connectivity index (χ0v) is 12.2. The summed E-state index contributed by atoms with van der Waals surface area (Å²) >= 11 is 3.34. The molecule has 1 aromatic carbocycles. The Balaban J connectivity index is 2.36. The van der Waals surface area contributed by atoms with Crippen LogP contribution in [0, 0.1) is 5.82 Å². The van der Waals surface area contributed by atoms with E-state index in [1.54, 1.807) is 30.6 Å². The lowest BCUT2D eigenvalue weighted by atomic mass is 9.85. The maximum absolute atomic E-state index is 13.9. The van der Waals surface area contributed by atoms with Crippen LogP contribution in [0.2, 0.25) is 0 Å². The molecule has 0 spiro atoms. The van der Waals surface area contributed by atoms with Gasteiger partial charge in [0.15, 0.2) is 0 Å². The Kier molecular flexibility index (Phi) is 4.32. The predicted octanol–water partition coefficient (Wildman–Crippen LogP) is 3.82. The molecule has 0 aliphatic rings. The van der Waals surface area contributed by atoms with Crippen LogP contribution in [-0.4, -0.2) is 10.1 Å². The highest BCUT2D eigenvalue weighted by atomic mass is 79.9. The van der Waals surface area contributed by atoms with Crippen molar-refractivity contribution in [2.75, 3.05) is 0 Å². The van der Waals surface area contributed by atoms with Gasteiger partial charge in [0.25, 0.3) is 0 Å². The van der Waals surface area contributed by atoms with E-state index >= 15 is 0 Å². The molecule has 0 aliphatic heterocycles. The molecule has 1 N–H and O–H groups in total. The number of benzene rings is 1. The zero-order chi connectivity index (χ0) is 13.9. The van der Waals surface area contributed by atoms with Crippen LogP contribution in [0.15, 0.2) is 47.2 Å². The van der Waals surface area contributed by atoms with Gasteiger partial charge in [-0.05, 0) is 40.0 Å². The Morgan fingerprint density at radius 3 is 2.68 bits per heavy atom. The number of rotatable bonds is 4. The van der Waals surface area contributed by atoms with Crippen molar-refractivity contribution in [1.29, 1.82) is 0 Å². The van der Waals surface area contributed by atoms with Crippen LogP contribution in [-0.2, 0) is 12.0 Å². The normalized spacial score (nSPS) is 14.1. The second-order valence-electron chi connectivity index (χ2n) is 4.55. The monoisotopic (exact) mass is 323 g/mol. The van der Waals surface area contributed by atoms with Crippen molar-refractivity contribution in [2.24, 2.45) is 0 Å². The number of pyridine rings is 1. The number of nitrogens with zero attached hydrogens (tertiary/aromatic N) is 1. The standard InChI is InChI=1S/C15H15BrFNO/c1-2-15(19,13-5-3-4-6-14(13)17)8-11-7-12(16)10-18-9-11/h3-7,9-10,19H,2,8H2,1H3. The summed E-state index contributed by atoms with van der Waals surface area (Å²) in [6.45, 7) is 1.85. The first-order valence-electron chi connectivity index (χ1n) is 6.12. The summed E-state index contributed by atoms with van der Waals surface area (Å²) in [7, 11) is 0. The molecule has 0 amide bonds. The first-order chi connectivity index (χ1) is 9.05. The summed E-state index contributed by atoms with van der Waals surface area (Å²) in [4.78, 5) is 4.07. The molecule has 100 valence electrons. The van der Waals surface area contributed by atoms with Gasteiger partial charge >= 0.3 is 0 Å². The lowest BCUT2D eigenvalue weighted by molar-refractivity contribution is 0.0291. The third kappa shape index (κ3) is 3.19. The van der Waals surface area contributed by atoms with Gasteiger partial charge in [-0.15, -0.1) is 0 Å². The molecule has 0 aliphatic carbocycles. The Morgan fingerprint density at radius 2 is 2.05 bits per heavy atom. The van der Waals surface area contributed by atoms with Crippen LogP contribution in [0.1, 0.15) is 24.5 Å². The quantitative estimate of drug-likeness (QED) is 0.927. The van der Waals surface area contributed by atoms with Crippen LogP contribution < -0.4 is 0 Å². The van der Waals surface area contributed by atoms with Crippen molar-refractivity contribution in [3.63, 3.8) is 0 Å². The fourth-order valence-electron chi connectivity index (χ4n) is 2.14. The maximum atomic E-state index is 13.9. The Bertz CT molecular complexity index is 576. The van der Waals surface area contributed by atoms with Gasteiger partial charge in [0.05, 0.1) is 5.60 Å². The Morgan fingerprint density at radius 1 is 1.32 bits per heavy atom. The van der Waals surface area contributed by atoms with E-state index in [4.69, 9.17) is 0 Å². The van der Waals surface area contributed by atoms with E-state index in [1.807, 2.05) is 13.0 Å². The molecule has 2 rings (SSSR count). The summed E-state index contributed by atoms with van der Waals surface area (Å²) in [6, 6.07) is 8.24. The third-order valence-corrected chi connectivity index (χ3v) is 3.65. The highest BCUT2D eigenvalue weighted by Gasteiger charge is 2.30. The molecular weight excluding hydrogens is 309 g/mol. The highest BCUT2D eigenvalue weighted by molar-refractivity contribution is 9.10. The summed E-state index contributed by atoms with van der Waals surface area (Å²) in [5.41, 5.74) is -0.0205. The van der Waals surface area contributed by atoms with Crippen molar-refractivity contribution in [1.82, 2.24) is 4.98 Å². The van der Waals surface area contributed by atoms with Gasteiger partial charge in [-0.1, -0.05) is 25.1 Å². The van der Waals surface area contributed by atoms with Crippen LogP contribution in [0.25, 0.3) is 0 Å². The molecular formula is C15H15BrFNO. The van der Waals surface area contributed by atoms with Gasteiger partial charge in [-0.2, -0.15) is 0 Å². The van der Waals surface area contributed by atoms with Gasteiger partial charge < -0.3 is 5.11 Å². The highest BCUT2D eigenvalue weighted by Crippen LogP contribution is 2.31. The molecule has 1 atom stereocenters. The molecule has 4 heteroatoms. The van der Waals surface area contributed by atoms with Gasteiger partial charge in [-0.3, -0.25) is 4.98 Å². The Labute approximate surface area is 120 Å². The van der Waals surface area contributed by atoms with Crippen LogP contribution >= 0.6 is 15.9 Å². The molecule has 2 nitrogen and oxygen atoms in total. The number of hydrogen-bond donors (Lipinski definition) is 1. The summed E-state index contributed by atoms with van der Waals surface area (Å²) in [6.07, 6.45) is 4.13. The van der Waals surface area contributed by atoms with E-state index in [1.165, 1.54) is 6.07 Å². The average Bonchev–Trinajstić information content (AvgIpc) is 2.39. The molecule has 0 radical (unpaired) electrons. The van der Waals surface area contributed by atoms with Crippen LogP contribution in [0.4, 0.5) is 4.39 Å². The van der Waals surface area contributed by atoms with Gasteiger partial charge in [-0.25, -0.2) is 4.39 Å². The van der Waals surface area contributed by atoms with Crippen LogP contribution in [0.5, 0.6) is 0 Å². The summed E-state index contributed by atoms with van der Waals surface area (Å²) in [5, 5.41) is 10.7. The van der Waals surface area contributed by atoms with E-state index in [-0.39, 0.29) is 5.82 Å². The van der Waals surface area contributed by atoms with Gasteiger partial charge in [0, 0.05) is 28.9 Å². The van der Waals surface area contributed by atoms with E-state index in [0.29, 0.717) is 18.4 Å².